The van der Waals surface area contributed by atoms with Crippen molar-refractivity contribution >= 4 is 22.0 Å². The highest BCUT2D eigenvalue weighted by Gasteiger charge is 2.28. The van der Waals surface area contributed by atoms with Crippen molar-refractivity contribution in [2.24, 2.45) is 0 Å². The third-order valence-electron chi connectivity index (χ3n) is 4.21. The number of hydrogen-bond acceptors (Lipinski definition) is 5. The van der Waals surface area contributed by atoms with Crippen LogP contribution in [0.5, 0.6) is 0 Å². The first kappa shape index (κ1) is 22.5. The van der Waals surface area contributed by atoms with Gasteiger partial charge in [-0.3, -0.25) is 4.90 Å². The van der Waals surface area contributed by atoms with E-state index in [1.165, 1.54) is 34.1 Å². The molecular formula is C19H21FN2O6S. The minimum Gasteiger partial charge on any atom is -0.473 e. The highest BCUT2D eigenvalue weighted by atomic mass is 32.2. The van der Waals surface area contributed by atoms with Gasteiger partial charge in [-0.05, 0) is 29.8 Å². The molecule has 1 heterocycles. The predicted octanol–water partition coefficient (Wildman–Crippen LogP) is 1.49. The van der Waals surface area contributed by atoms with Gasteiger partial charge in [0.25, 0.3) is 0 Å². The lowest BCUT2D eigenvalue weighted by molar-refractivity contribution is -0.159. The van der Waals surface area contributed by atoms with Crippen LogP contribution in [0.3, 0.4) is 0 Å². The summed E-state index contributed by atoms with van der Waals surface area (Å²) in [5.74, 6) is -4.08. The molecule has 1 aliphatic rings. The fourth-order valence-electron chi connectivity index (χ4n) is 2.73. The van der Waals surface area contributed by atoms with Crippen LogP contribution in [0.4, 0.5) is 4.39 Å². The lowest BCUT2D eigenvalue weighted by Crippen LogP contribution is -2.48. The zero-order valence-corrected chi connectivity index (χ0v) is 16.3. The van der Waals surface area contributed by atoms with Crippen LogP contribution in [0.25, 0.3) is 0 Å². The summed E-state index contributed by atoms with van der Waals surface area (Å²) >= 11 is 0. The van der Waals surface area contributed by atoms with Crippen molar-refractivity contribution in [3.05, 3.63) is 66.0 Å². The third-order valence-corrected chi connectivity index (χ3v) is 6.13. The van der Waals surface area contributed by atoms with Gasteiger partial charge in [0.1, 0.15) is 5.82 Å². The molecule has 0 saturated carbocycles. The topological polar surface area (TPSA) is 115 Å². The first-order valence-electron chi connectivity index (χ1n) is 8.68. The quantitative estimate of drug-likeness (QED) is 0.715. The number of aliphatic carboxylic acids is 2. The van der Waals surface area contributed by atoms with E-state index in [1.54, 1.807) is 0 Å². The fourth-order valence-corrected chi connectivity index (χ4v) is 4.15. The van der Waals surface area contributed by atoms with Gasteiger partial charge < -0.3 is 10.2 Å². The molecule has 8 nitrogen and oxygen atoms in total. The molecule has 2 aromatic rings. The molecule has 1 saturated heterocycles. The Kier molecular flexibility index (Phi) is 7.82. The van der Waals surface area contributed by atoms with Gasteiger partial charge in [0.05, 0.1) is 4.90 Å². The van der Waals surface area contributed by atoms with Crippen molar-refractivity contribution in [3.63, 3.8) is 0 Å². The summed E-state index contributed by atoms with van der Waals surface area (Å²) in [4.78, 5) is 20.6. The molecule has 3 rings (SSSR count). The van der Waals surface area contributed by atoms with Crippen molar-refractivity contribution in [2.75, 3.05) is 26.2 Å². The third kappa shape index (κ3) is 6.63. The molecule has 0 unspecified atom stereocenters. The molecule has 0 aromatic heterocycles. The maximum atomic E-state index is 13.0. The zero-order chi connectivity index (χ0) is 21.4. The molecule has 0 atom stereocenters. The molecule has 1 fully saturated rings. The van der Waals surface area contributed by atoms with Gasteiger partial charge >= 0.3 is 11.9 Å². The number of carbonyl (C=O) groups is 2. The summed E-state index contributed by atoms with van der Waals surface area (Å²) in [6.07, 6.45) is 0. The van der Waals surface area contributed by atoms with Crippen LogP contribution in [0.15, 0.2) is 59.5 Å². The van der Waals surface area contributed by atoms with Crippen molar-refractivity contribution in [2.45, 2.75) is 11.4 Å². The van der Waals surface area contributed by atoms with E-state index >= 15 is 0 Å². The summed E-state index contributed by atoms with van der Waals surface area (Å²) in [7, 11) is -3.54. The van der Waals surface area contributed by atoms with E-state index in [2.05, 4.69) is 17.0 Å². The van der Waals surface area contributed by atoms with Crippen LogP contribution >= 0.6 is 0 Å². The van der Waals surface area contributed by atoms with Crippen molar-refractivity contribution in [3.8, 4) is 0 Å². The van der Waals surface area contributed by atoms with E-state index < -0.39 is 27.8 Å². The average Bonchev–Trinajstić information content (AvgIpc) is 2.70. The second kappa shape index (κ2) is 10.1. The van der Waals surface area contributed by atoms with Gasteiger partial charge in [0, 0.05) is 32.7 Å². The Labute approximate surface area is 167 Å². The van der Waals surface area contributed by atoms with E-state index in [1.807, 2.05) is 18.2 Å². The number of benzene rings is 2. The Hall–Kier alpha value is -2.82. The van der Waals surface area contributed by atoms with E-state index in [-0.39, 0.29) is 4.90 Å². The molecule has 0 radical (unpaired) electrons. The molecule has 2 aromatic carbocycles. The first-order chi connectivity index (χ1) is 13.7. The van der Waals surface area contributed by atoms with E-state index in [0.717, 1.165) is 6.54 Å². The second-order valence-electron chi connectivity index (χ2n) is 6.23. The number of sulfonamides is 1. The SMILES string of the molecule is O=C(O)C(=O)O.O=S(=O)(c1ccc(F)cc1)N1CCN(Cc2ccccc2)CC1. The summed E-state index contributed by atoms with van der Waals surface area (Å²) in [5, 5.41) is 14.8. The maximum absolute atomic E-state index is 13.0. The van der Waals surface area contributed by atoms with Crippen LogP contribution in [0.2, 0.25) is 0 Å². The summed E-state index contributed by atoms with van der Waals surface area (Å²) in [6, 6.07) is 15.1. The van der Waals surface area contributed by atoms with Gasteiger partial charge in [-0.25, -0.2) is 22.4 Å². The molecule has 156 valence electrons. The molecule has 29 heavy (non-hydrogen) atoms. The standard InChI is InChI=1S/C17H19FN2O2S.C2H2O4/c18-16-6-8-17(9-7-16)23(21,22)20-12-10-19(11-13-20)14-15-4-2-1-3-5-15;3-1(4)2(5)6/h1-9H,10-14H2;(H,3,4)(H,5,6). The molecule has 0 aliphatic carbocycles. The van der Waals surface area contributed by atoms with Gasteiger partial charge in [-0.15, -0.1) is 0 Å². The van der Waals surface area contributed by atoms with Gasteiger partial charge in [-0.1, -0.05) is 30.3 Å². The normalized spacial score (nSPS) is 15.2. The number of piperazine rings is 1. The van der Waals surface area contributed by atoms with Crippen LogP contribution in [-0.2, 0) is 26.2 Å². The smallest absolute Gasteiger partial charge is 0.414 e. The Morgan fingerprint density at radius 1 is 0.862 bits per heavy atom. The van der Waals surface area contributed by atoms with Crippen molar-refractivity contribution in [1.82, 2.24) is 9.21 Å². The Morgan fingerprint density at radius 2 is 1.38 bits per heavy atom. The largest absolute Gasteiger partial charge is 0.473 e. The van der Waals surface area contributed by atoms with Crippen LogP contribution < -0.4 is 0 Å². The monoisotopic (exact) mass is 424 g/mol. The maximum Gasteiger partial charge on any atom is 0.414 e. The number of nitrogens with zero attached hydrogens (tertiary/aromatic N) is 2. The van der Waals surface area contributed by atoms with E-state index in [4.69, 9.17) is 19.8 Å². The van der Waals surface area contributed by atoms with Crippen molar-refractivity contribution in [1.29, 1.82) is 0 Å². The number of halogens is 1. The molecule has 10 heteroatoms. The predicted molar refractivity (Wildman–Crippen MR) is 102 cm³/mol. The number of rotatable bonds is 4. The first-order valence-corrected chi connectivity index (χ1v) is 10.1. The Bertz CT molecular complexity index is 915. The van der Waals surface area contributed by atoms with Crippen LogP contribution in [0, 0.1) is 5.82 Å². The van der Waals surface area contributed by atoms with Gasteiger partial charge in [0.2, 0.25) is 10.0 Å². The molecule has 1 aliphatic heterocycles. The van der Waals surface area contributed by atoms with Crippen LogP contribution in [0.1, 0.15) is 5.56 Å². The highest BCUT2D eigenvalue weighted by Crippen LogP contribution is 2.18. The molecule has 2 N–H and O–H groups in total. The van der Waals surface area contributed by atoms with Gasteiger partial charge in [-0.2, -0.15) is 4.31 Å². The average molecular weight is 424 g/mol. The zero-order valence-electron chi connectivity index (χ0n) is 15.4. The number of carboxylic acid groups (broad SMARTS) is 2. The Morgan fingerprint density at radius 3 is 1.86 bits per heavy atom. The minimum atomic E-state index is -3.54. The number of carboxylic acids is 2. The van der Waals surface area contributed by atoms with E-state index in [0.29, 0.717) is 26.2 Å². The summed E-state index contributed by atoms with van der Waals surface area (Å²) in [5.41, 5.74) is 1.22. The summed E-state index contributed by atoms with van der Waals surface area (Å²) < 4.78 is 39.5. The lowest BCUT2D eigenvalue weighted by atomic mass is 10.2. The molecule has 0 spiro atoms. The van der Waals surface area contributed by atoms with Crippen molar-refractivity contribution < 1.29 is 32.6 Å². The lowest BCUT2D eigenvalue weighted by Gasteiger charge is -2.34. The molecular weight excluding hydrogens is 403 g/mol. The molecule has 0 amide bonds. The minimum absolute atomic E-state index is 0.149. The van der Waals surface area contributed by atoms with E-state index in [9.17, 15) is 12.8 Å². The number of hydrogen-bond donors (Lipinski definition) is 2. The highest BCUT2D eigenvalue weighted by molar-refractivity contribution is 7.89. The van der Waals surface area contributed by atoms with Gasteiger partial charge in [0.15, 0.2) is 0 Å². The van der Waals surface area contributed by atoms with Crippen LogP contribution in [-0.4, -0.2) is 66.0 Å². The fraction of sp³-hybridized carbons (Fsp3) is 0.263. The molecule has 0 bridgehead atoms. The Balaban J connectivity index is 0.000000438. The summed E-state index contributed by atoms with van der Waals surface area (Å²) in [6.45, 7) is 3.11. The second-order valence-corrected chi connectivity index (χ2v) is 8.17.